The van der Waals surface area contributed by atoms with Crippen molar-refractivity contribution in [2.24, 2.45) is 0 Å². The third-order valence-electron chi connectivity index (χ3n) is 2.43. The molecule has 0 saturated carbocycles. The topological polar surface area (TPSA) is 71.1 Å². The van der Waals surface area contributed by atoms with E-state index in [9.17, 15) is 9.59 Å². The van der Waals surface area contributed by atoms with Crippen LogP contribution in [-0.2, 0) is 4.79 Å². The first-order valence-electron chi connectivity index (χ1n) is 5.91. The molecular formula is C14H12BrN3O2. The molecule has 102 valence electrons. The Kier molecular flexibility index (Phi) is 4.84. The van der Waals surface area contributed by atoms with Crippen LogP contribution in [0.15, 0.2) is 53.1 Å². The summed E-state index contributed by atoms with van der Waals surface area (Å²) in [5.41, 5.74) is 0.515. The highest BCUT2D eigenvalue weighted by Gasteiger charge is 2.08. The zero-order valence-corrected chi connectivity index (χ0v) is 12.1. The van der Waals surface area contributed by atoms with Crippen molar-refractivity contribution >= 4 is 33.6 Å². The molecular weight excluding hydrogens is 322 g/mol. The van der Waals surface area contributed by atoms with Gasteiger partial charge in [-0.15, -0.1) is 0 Å². The molecule has 1 aromatic carbocycles. The molecule has 20 heavy (non-hydrogen) atoms. The third kappa shape index (κ3) is 4.17. The van der Waals surface area contributed by atoms with Crippen LogP contribution >= 0.6 is 15.9 Å². The summed E-state index contributed by atoms with van der Waals surface area (Å²) >= 11 is 3.21. The molecule has 2 N–H and O–H groups in total. The van der Waals surface area contributed by atoms with Gasteiger partial charge in [-0.1, -0.05) is 24.3 Å². The van der Waals surface area contributed by atoms with Crippen molar-refractivity contribution in [3.05, 3.63) is 58.7 Å². The molecule has 0 radical (unpaired) electrons. The van der Waals surface area contributed by atoms with Crippen molar-refractivity contribution in [2.75, 3.05) is 11.9 Å². The highest BCUT2D eigenvalue weighted by molar-refractivity contribution is 9.10. The summed E-state index contributed by atoms with van der Waals surface area (Å²) in [6.45, 7) is -0.109. The number of hydrogen-bond donors (Lipinski definition) is 2. The highest BCUT2D eigenvalue weighted by Crippen LogP contribution is 2.09. The zero-order valence-electron chi connectivity index (χ0n) is 10.5. The summed E-state index contributed by atoms with van der Waals surface area (Å²) in [6, 6.07) is 13.9. The highest BCUT2D eigenvalue weighted by atomic mass is 79.9. The standard InChI is InChI=1S/C14H12BrN3O2/c15-11-7-4-8-12(17-11)18-13(19)9-16-14(20)10-5-2-1-3-6-10/h1-8H,9H2,(H,16,20)(H,17,18,19). The molecule has 6 heteroatoms. The summed E-state index contributed by atoms with van der Waals surface area (Å²) in [4.78, 5) is 27.5. The van der Waals surface area contributed by atoms with Gasteiger partial charge in [-0.25, -0.2) is 4.98 Å². The van der Waals surface area contributed by atoms with Gasteiger partial charge in [-0.05, 0) is 40.2 Å². The fourth-order valence-corrected chi connectivity index (χ4v) is 1.86. The molecule has 0 unspecified atom stereocenters. The molecule has 2 aromatic rings. The van der Waals surface area contributed by atoms with Gasteiger partial charge in [0.25, 0.3) is 5.91 Å². The summed E-state index contributed by atoms with van der Waals surface area (Å²) in [6.07, 6.45) is 0. The SMILES string of the molecule is O=C(CNC(=O)c1ccccc1)Nc1cccc(Br)n1. The number of benzene rings is 1. The molecule has 1 aromatic heterocycles. The molecule has 0 aliphatic heterocycles. The van der Waals surface area contributed by atoms with E-state index < -0.39 is 0 Å². The van der Waals surface area contributed by atoms with Crippen LogP contribution in [0.2, 0.25) is 0 Å². The van der Waals surface area contributed by atoms with E-state index in [2.05, 4.69) is 31.5 Å². The van der Waals surface area contributed by atoms with Crippen molar-refractivity contribution in [3.8, 4) is 0 Å². The second kappa shape index (κ2) is 6.81. The molecule has 0 fully saturated rings. The maximum Gasteiger partial charge on any atom is 0.251 e. The maximum atomic E-state index is 11.7. The van der Waals surface area contributed by atoms with Gasteiger partial charge in [0.15, 0.2) is 0 Å². The van der Waals surface area contributed by atoms with Crippen LogP contribution in [0.4, 0.5) is 5.82 Å². The molecule has 0 saturated heterocycles. The predicted octanol–water partition coefficient (Wildman–Crippen LogP) is 2.21. The number of anilines is 1. The molecule has 0 atom stereocenters. The van der Waals surface area contributed by atoms with Gasteiger partial charge in [-0.3, -0.25) is 9.59 Å². The van der Waals surface area contributed by atoms with E-state index in [1.54, 1.807) is 42.5 Å². The number of aromatic nitrogens is 1. The molecule has 0 spiro atoms. The Hall–Kier alpha value is -2.21. The number of carbonyl (C=O) groups is 2. The van der Waals surface area contributed by atoms with Crippen LogP contribution in [0.25, 0.3) is 0 Å². The minimum atomic E-state index is -0.333. The Balaban J connectivity index is 1.85. The summed E-state index contributed by atoms with van der Waals surface area (Å²) in [5.74, 6) is -0.193. The molecule has 0 aliphatic rings. The zero-order chi connectivity index (χ0) is 14.4. The van der Waals surface area contributed by atoms with Crippen LogP contribution in [0.1, 0.15) is 10.4 Å². The summed E-state index contributed by atoms with van der Waals surface area (Å²) < 4.78 is 0.628. The van der Waals surface area contributed by atoms with Gasteiger partial charge in [0.05, 0.1) is 6.54 Å². The van der Waals surface area contributed by atoms with Gasteiger partial charge >= 0.3 is 0 Å². The lowest BCUT2D eigenvalue weighted by atomic mass is 10.2. The first kappa shape index (κ1) is 14.2. The summed E-state index contributed by atoms with van der Waals surface area (Å²) in [7, 11) is 0. The van der Waals surface area contributed by atoms with Crippen molar-refractivity contribution in [1.82, 2.24) is 10.3 Å². The number of pyridine rings is 1. The van der Waals surface area contributed by atoms with Crippen LogP contribution in [-0.4, -0.2) is 23.3 Å². The molecule has 2 amide bonds. The average molecular weight is 334 g/mol. The van der Waals surface area contributed by atoms with Crippen LogP contribution in [0.5, 0.6) is 0 Å². The van der Waals surface area contributed by atoms with E-state index >= 15 is 0 Å². The normalized spacial score (nSPS) is 9.85. The van der Waals surface area contributed by atoms with Crippen molar-refractivity contribution in [1.29, 1.82) is 0 Å². The van der Waals surface area contributed by atoms with E-state index in [1.807, 2.05) is 6.07 Å². The number of carbonyl (C=O) groups excluding carboxylic acids is 2. The number of nitrogens with one attached hydrogen (secondary N) is 2. The van der Waals surface area contributed by atoms with E-state index in [0.29, 0.717) is 16.0 Å². The fraction of sp³-hybridized carbons (Fsp3) is 0.0714. The van der Waals surface area contributed by atoms with E-state index in [-0.39, 0.29) is 18.4 Å². The number of halogens is 1. The van der Waals surface area contributed by atoms with Gasteiger partial charge < -0.3 is 10.6 Å². The second-order valence-electron chi connectivity index (χ2n) is 3.94. The Morgan fingerprint density at radius 3 is 2.50 bits per heavy atom. The Labute approximate surface area is 124 Å². The smallest absolute Gasteiger partial charge is 0.251 e. The first-order valence-corrected chi connectivity index (χ1v) is 6.70. The Morgan fingerprint density at radius 1 is 1.05 bits per heavy atom. The van der Waals surface area contributed by atoms with Gasteiger partial charge in [-0.2, -0.15) is 0 Å². The van der Waals surface area contributed by atoms with Gasteiger partial charge in [0, 0.05) is 5.56 Å². The molecule has 5 nitrogen and oxygen atoms in total. The fourth-order valence-electron chi connectivity index (χ4n) is 1.52. The average Bonchev–Trinajstić information content (AvgIpc) is 2.46. The maximum absolute atomic E-state index is 11.7. The van der Waals surface area contributed by atoms with Gasteiger partial charge in [0.1, 0.15) is 10.4 Å². The van der Waals surface area contributed by atoms with Crippen LogP contribution in [0.3, 0.4) is 0 Å². The Morgan fingerprint density at radius 2 is 1.80 bits per heavy atom. The van der Waals surface area contributed by atoms with Crippen LogP contribution in [0, 0.1) is 0 Å². The number of hydrogen-bond acceptors (Lipinski definition) is 3. The lowest BCUT2D eigenvalue weighted by Crippen LogP contribution is -2.33. The minimum Gasteiger partial charge on any atom is -0.343 e. The van der Waals surface area contributed by atoms with Crippen molar-refractivity contribution < 1.29 is 9.59 Å². The van der Waals surface area contributed by atoms with E-state index in [1.165, 1.54) is 0 Å². The van der Waals surface area contributed by atoms with E-state index in [0.717, 1.165) is 0 Å². The number of amides is 2. The summed E-state index contributed by atoms with van der Waals surface area (Å²) in [5, 5.41) is 5.14. The van der Waals surface area contributed by atoms with Gasteiger partial charge in [0.2, 0.25) is 5.91 Å². The second-order valence-corrected chi connectivity index (χ2v) is 4.75. The van der Waals surface area contributed by atoms with Crippen molar-refractivity contribution in [2.45, 2.75) is 0 Å². The lowest BCUT2D eigenvalue weighted by molar-refractivity contribution is -0.115. The number of nitrogens with zero attached hydrogens (tertiary/aromatic N) is 1. The predicted molar refractivity (Wildman–Crippen MR) is 79.3 cm³/mol. The molecule has 0 aliphatic carbocycles. The first-order chi connectivity index (χ1) is 9.65. The number of rotatable bonds is 4. The molecule has 0 bridgehead atoms. The monoisotopic (exact) mass is 333 g/mol. The molecule has 1 heterocycles. The third-order valence-corrected chi connectivity index (χ3v) is 2.87. The minimum absolute atomic E-state index is 0.109. The quantitative estimate of drug-likeness (QED) is 0.842. The largest absolute Gasteiger partial charge is 0.343 e. The Bertz CT molecular complexity index is 617. The van der Waals surface area contributed by atoms with E-state index in [4.69, 9.17) is 0 Å². The lowest BCUT2D eigenvalue weighted by Gasteiger charge is -2.06. The molecule has 2 rings (SSSR count). The van der Waals surface area contributed by atoms with Crippen LogP contribution < -0.4 is 10.6 Å². The van der Waals surface area contributed by atoms with Crippen molar-refractivity contribution in [3.63, 3.8) is 0 Å².